The van der Waals surface area contributed by atoms with Crippen molar-refractivity contribution in [1.82, 2.24) is 15.2 Å². The van der Waals surface area contributed by atoms with Gasteiger partial charge in [-0.1, -0.05) is 60.1 Å². The first-order chi connectivity index (χ1) is 27.2. The van der Waals surface area contributed by atoms with Crippen molar-refractivity contribution < 1.29 is 34.1 Å². The summed E-state index contributed by atoms with van der Waals surface area (Å²) in [6, 6.07) is 5.98. The van der Waals surface area contributed by atoms with Crippen LogP contribution >= 0.6 is 0 Å². The highest BCUT2D eigenvalue weighted by Gasteiger charge is 2.71. The Kier molecular flexibility index (Phi) is 12.9. The number of nitrogens with zero attached hydrogens (tertiary/aromatic N) is 2. The number of carboxylic acid groups (broad SMARTS) is 1. The van der Waals surface area contributed by atoms with Crippen molar-refractivity contribution in [2.24, 2.45) is 56.2 Å². The summed E-state index contributed by atoms with van der Waals surface area (Å²) >= 11 is 0. The Morgan fingerprint density at radius 1 is 0.983 bits per heavy atom. The number of allylic oxidation sites excluding steroid dienone is 1. The van der Waals surface area contributed by atoms with Gasteiger partial charge >= 0.3 is 11.9 Å². The summed E-state index contributed by atoms with van der Waals surface area (Å²) in [6.07, 6.45) is 8.86. The van der Waals surface area contributed by atoms with E-state index in [0.717, 1.165) is 82.3 Å². The Morgan fingerprint density at radius 2 is 1.72 bits per heavy atom. The molecule has 6 rings (SSSR count). The molecule has 0 spiro atoms. The molecule has 0 aromatic carbocycles. The number of hydrogen-bond acceptors (Lipinski definition) is 9. The number of pyridine rings is 1. The van der Waals surface area contributed by atoms with Crippen LogP contribution in [-0.2, 0) is 30.4 Å². The summed E-state index contributed by atoms with van der Waals surface area (Å²) in [5.41, 5.74) is 1.28. The van der Waals surface area contributed by atoms with Gasteiger partial charge in [0.2, 0.25) is 0 Å². The lowest BCUT2D eigenvalue weighted by Gasteiger charge is -2.72. The smallest absolute Gasteiger partial charge is 0.309 e. The van der Waals surface area contributed by atoms with Gasteiger partial charge in [0.15, 0.2) is 5.78 Å². The number of aromatic nitrogens is 1. The fourth-order valence-corrected chi connectivity index (χ4v) is 13.8. The van der Waals surface area contributed by atoms with E-state index in [1.165, 1.54) is 5.57 Å². The van der Waals surface area contributed by atoms with Crippen molar-refractivity contribution in [1.29, 1.82) is 0 Å². The molecule has 0 saturated heterocycles. The van der Waals surface area contributed by atoms with E-state index in [0.29, 0.717) is 38.0 Å². The van der Waals surface area contributed by atoms with Gasteiger partial charge in [-0.15, -0.1) is 0 Å². The van der Waals surface area contributed by atoms with Gasteiger partial charge in [0.05, 0.1) is 30.2 Å². The largest absolute Gasteiger partial charge is 0.481 e. The number of fused-ring (bicyclic) bond motifs is 7. The van der Waals surface area contributed by atoms with E-state index in [2.05, 4.69) is 63.7 Å². The molecule has 0 radical (unpaired) electrons. The molecule has 4 fully saturated rings. The van der Waals surface area contributed by atoms with E-state index in [1.54, 1.807) is 21.0 Å². The molecule has 1 unspecified atom stereocenters. The average molecular weight is 806 g/mol. The Labute approximate surface area is 348 Å². The first-order valence-corrected chi connectivity index (χ1v) is 22.4. The number of aliphatic hydroxyl groups is 1. The van der Waals surface area contributed by atoms with Crippen LogP contribution in [0.1, 0.15) is 132 Å². The van der Waals surface area contributed by atoms with Crippen molar-refractivity contribution in [3.63, 3.8) is 0 Å². The van der Waals surface area contributed by atoms with Gasteiger partial charge in [-0.2, -0.15) is 0 Å². The fourth-order valence-electron chi connectivity index (χ4n) is 13.8. The molecule has 10 heteroatoms. The van der Waals surface area contributed by atoms with Crippen LogP contribution in [0.5, 0.6) is 0 Å². The van der Waals surface area contributed by atoms with Gasteiger partial charge in [0.25, 0.3) is 0 Å². The fraction of sp³-hybridized carbons (Fsp3) is 0.792. The Balaban J connectivity index is 1.27. The van der Waals surface area contributed by atoms with Crippen molar-refractivity contribution in [3.8, 4) is 0 Å². The second-order valence-electron chi connectivity index (χ2n) is 21.4. The quantitative estimate of drug-likeness (QED) is 0.112. The average Bonchev–Trinajstić information content (AvgIpc) is 3.46. The summed E-state index contributed by atoms with van der Waals surface area (Å²) in [7, 11) is 1.71. The van der Waals surface area contributed by atoms with Gasteiger partial charge < -0.3 is 25.0 Å². The van der Waals surface area contributed by atoms with Gasteiger partial charge in [0, 0.05) is 63.3 Å². The minimum atomic E-state index is -1.17. The van der Waals surface area contributed by atoms with Crippen molar-refractivity contribution in [2.75, 3.05) is 39.9 Å². The highest BCUT2D eigenvalue weighted by molar-refractivity contribution is 6.00. The lowest BCUT2D eigenvalue weighted by molar-refractivity contribution is -0.235. The molecule has 4 saturated carbocycles. The zero-order chi connectivity index (χ0) is 42.5. The van der Waals surface area contributed by atoms with Gasteiger partial charge in [0.1, 0.15) is 6.10 Å². The predicted molar refractivity (Wildman–Crippen MR) is 226 cm³/mol. The van der Waals surface area contributed by atoms with Crippen LogP contribution in [0.15, 0.2) is 35.5 Å². The number of carbonyl (C=O) groups excluding carboxylic acids is 2. The normalized spacial score (nSPS) is 34.9. The molecule has 1 heterocycles. The van der Waals surface area contributed by atoms with Crippen LogP contribution in [0.25, 0.3) is 0 Å². The van der Waals surface area contributed by atoms with E-state index in [1.807, 2.05) is 24.4 Å². The molecular weight excluding hydrogens is 731 g/mol. The van der Waals surface area contributed by atoms with Crippen molar-refractivity contribution in [2.45, 2.75) is 145 Å². The number of carboxylic acids is 1. The van der Waals surface area contributed by atoms with Crippen LogP contribution in [0.2, 0.25) is 0 Å². The van der Waals surface area contributed by atoms with Crippen LogP contribution in [0.4, 0.5) is 0 Å². The maximum atomic E-state index is 14.3. The first kappa shape index (κ1) is 44.9. The number of hydrogen-bond donors (Lipinski definition) is 3. The predicted octanol–water partition coefficient (Wildman–Crippen LogP) is 7.87. The minimum absolute atomic E-state index is 0.0308. The van der Waals surface area contributed by atoms with Crippen molar-refractivity contribution in [3.05, 3.63) is 41.2 Å². The number of nitrogens with one attached hydrogen (secondary N) is 1. The van der Waals surface area contributed by atoms with Crippen LogP contribution in [0, 0.1) is 56.2 Å². The van der Waals surface area contributed by atoms with Gasteiger partial charge in [-0.05, 0) is 123 Å². The number of esters is 1. The molecule has 1 aromatic rings. The second kappa shape index (κ2) is 16.7. The summed E-state index contributed by atoms with van der Waals surface area (Å²) in [5, 5.41) is 25.8. The molecular formula is C48H75N3O7. The van der Waals surface area contributed by atoms with E-state index >= 15 is 0 Å². The molecule has 0 amide bonds. The molecule has 0 aliphatic heterocycles. The lowest BCUT2D eigenvalue weighted by Crippen LogP contribution is -2.66. The summed E-state index contributed by atoms with van der Waals surface area (Å²) in [4.78, 5) is 46.2. The molecule has 9 atom stereocenters. The number of aliphatic hydroxyl groups excluding tert-OH is 1. The van der Waals surface area contributed by atoms with Gasteiger partial charge in [-0.25, -0.2) is 0 Å². The van der Waals surface area contributed by atoms with Crippen LogP contribution in [-0.4, -0.2) is 89.9 Å². The number of rotatable bonds is 16. The lowest BCUT2D eigenvalue weighted by atomic mass is 9.33. The molecule has 1 aromatic heterocycles. The number of ketones is 1. The zero-order valence-electron chi connectivity index (χ0n) is 37.4. The first-order valence-electron chi connectivity index (χ1n) is 22.4. The highest BCUT2D eigenvalue weighted by Crippen LogP contribution is 2.77. The van der Waals surface area contributed by atoms with Crippen LogP contribution < -0.4 is 5.32 Å². The summed E-state index contributed by atoms with van der Waals surface area (Å²) in [6.45, 7) is 23.7. The highest BCUT2D eigenvalue weighted by atomic mass is 16.5. The second-order valence-corrected chi connectivity index (χ2v) is 21.4. The number of methoxy groups -OCH3 is 1. The number of Topliss-reactive ketones (excluding diaryl/α,β-unsaturated/α-hetero) is 1. The third kappa shape index (κ3) is 7.75. The summed E-state index contributed by atoms with van der Waals surface area (Å²) in [5.74, 6) is -0.0398. The molecule has 58 heavy (non-hydrogen) atoms. The molecule has 0 bridgehead atoms. The monoisotopic (exact) mass is 806 g/mol. The Bertz CT molecular complexity index is 1710. The molecule has 324 valence electrons. The van der Waals surface area contributed by atoms with Gasteiger partial charge in [-0.3, -0.25) is 24.3 Å². The number of carbonyl (C=O) groups is 3. The topological polar surface area (TPSA) is 138 Å². The maximum Gasteiger partial charge on any atom is 0.309 e. The standard InChI is InChI=1S/C48H75N3O7/c1-31(2)40-34(52)27-48(37(53)30-51(25-23-49-24-26-57-10)29-32-13-11-12-22-50-32)21-20-46(8)33(41(40)48)14-15-36-45(7)18-17-38(58-39(54)28-43(3,4)42(55)56)44(5,6)35(45)16-19-47(36,46)9/h11-13,22,31,33,35-38,49,53H,14-21,23-30H2,1-10H3,(H,55,56)/t33-,35+,36?,37+,38+,45+,46-,47-,48+/m1/s1. The minimum Gasteiger partial charge on any atom is -0.481 e. The molecule has 5 aliphatic rings. The van der Waals surface area contributed by atoms with Crippen LogP contribution in [0.3, 0.4) is 0 Å². The van der Waals surface area contributed by atoms with E-state index in [-0.39, 0.29) is 51.8 Å². The van der Waals surface area contributed by atoms with Crippen molar-refractivity contribution >= 4 is 17.7 Å². The third-order valence-corrected chi connectivity index (χ3v) is 17.1. The zero-order valence-corrected chi connectivity index (χ0v) is 37.4. The third-order valence-electron chi connectivity index (χ3n) is 17.1. The molecule has 3 N–H and O–H groups in total. The Hall–Kier alpha value is -2.66. The van der Waals surface area contributed by atoms with E-state index < -0.39 is 28.9 Å². The number of ether oxygens (including phenoxy) is 2. The number of aliphatic carboxylic acids is 1. The summed E-state index contributed by atoms with van der Waals surface area (Å²) < 4.78 is 11.4. The maximum absolute atomic E-state index is 14.3. The molecule has 10 nitrogen and oxygen atoms in total. The van der Waals surface area contributed by atoms with E-state index in [4.69, 9.17) is 9.47 Å². The Morgan fingerprint density at radius 3 is 2.38 bits per heavy atom. The van der Waals surface area contributed by atoms with E-state index in [9.17, 15) is 24.6 Å². The SMILES string of the molecule is COCCNCCN(Cc1ccccn1)C[C@H](O)[C@@]12CC[C@]3(C)[C@H](CCC4[C@@]5(C)CC[C@H](OC(=O)CC(C)(C)C(=O)O)C(C)(C)[C@@H]5CC[C@]43C)C1=C(C(C)C)C(=O)C2. The molecule has 5 aliphatic carbocycles.